The number of nitrogens with one attached hydrogen (secondary N) is 1. The van der Waals surface area contributed by atoms with E-state index in [2.05, 4.69) is 10.3 Å². The highest BCUT2D eigenvalue weighted by Crippen LogP contribution is 2.37. The van der Waals surface area contributed by atoms with Crippen LogP contribution < -0.4 is 5.32 Å². The van der Waals surface area contributed by atoms with Crippen molar-refractivity contribution in [3.63, 3.8) is 0 Å². The molecule has 0 radical (unpaired) electrons. The summed E-state index contributed by atoms with van der Waals surface area (Å²) >= 11 is 0. The van der Waals surface area contributed by atoms with Gasteiger partial charge in [0, 0.05) is 24.2 Å². The number of fused-ring (bicyclic) bond motifs is 1. The number of para-hydroxylation sites is 1. The van der Waals surface area contributed by atoms with Gasteiger partial charge in [0.2, 0.25) is 5.91 Å². The number of hydrogen-bond acceptors (Lipinski definition) is 3. The van der Waals surface area contributed by atoms with Gasteiger partial charge in [-0.15, -0.1) is 0 Å². The van der Waals surface area contributed by atoms with E-state index in [0.717, 1.165) is 34.5 Å². The molecule has 0 unspecified atom stereocenters. The Balaban J connectivity index is 1.58. The van der Waals surface area contributed by atoms with Gasteiger partial charge in [-0.2, -0.15) is 0 Å². The summed E-state index contributed by atoms with van der Waals surface area (Å²) in [6.45, 7) is 4.62. The lowest BCUT2D eigenvalue weighted by atomic mass is 9.96. The van der Waals surface area contributed by atoms with Crippen LogP contribution in [0.4, 0.5) is 5.69 Å². The van der Waals surface area contributed by atoms with Crippen LogP contribution >= 0.6 is 0 Å². The summed E-state index contributed by atoms with van der Waals surface area (Å²) in [6, 6.07) is 15.9. The highest BCUT2D eigenvalue weighted by molar-refractivity contribution is 5.88. The average Bonchev–Trinajstić information content (AvgIpc) is 2.59. The zero-order valence-corrected chi connectivity index (χ0v) is 14.1. The van der Waals surface area contributed by atoms with E-state index in [1.807, 2.05) is 62.4 Å². The maximum Gasteiger partial charge on any atom is 0.246 e. The van der Waals surface area contributed by atoms with Crippen LogP contribution in [-0.4, -0.2) is 18.2 Å². The minimum absolute atomic E-state index is 0.0537. The van der Waals surface area contributed by atoms with Crippen LogP contribution in [0.3, 0.4) is 0 Å². The number of benzene rings is 2. The maximum absolute atomic E-state index is 12.1. The number of aliphatic imine (C=N–C) groups is 1. The van der Waals surface area contributed by atoms with Crippen LogP contribution in [0, 0.1) is 6.92 Å². The number of carbonyl (C=O) groups is 1. The fourth-order valence-corrected chi connectivity index (χ4v) is 2.88. The Morgan fingerprint density at radius 1 is 1.17 bits per heavy atom. The van der Waals surface area contributed by atoms with Crippen LogP contribution in [0.5, 0.6) is 0 Å². The molecule has 0 saturated heterocycles. The molecule has 24 heavy (non-hydrogen) atoms. The molecule has 1 heterocycles. The molecule has 1 atom stereocenters. The van der Waals surface area contributed by atoms with Crippen molar-refractivity contribution in [1.82, 2.24) is 5.32 Å². The van der Waals surface area contributed by atoms with Crippen molar-refractivity contribution in [2.24, 2.45) is 4.99 Å². The summed E-state index contributed by atoms with van der Waals surface area (Å²) < 4.78 is 5.89. The third kappa shape index (κ3) is 3.89. The van der Waals surface area contributed by atoms with E-state index in [4.69, 9.17) is 4.74 Å². The van der Waals surface area contributed by atoms with E-state index in [9.17, 15) is 4.79 Å². The van der Waals surface area contributed by atoms with Gasteiger partial charge in [0.25, 0.3) is 0 Å². The molecular formula is C20H22N2O2. The Labute approximate surface area is 142 Å². The minimum atomic E-state index is -0.111. The van der Waals surface area contributed by atoms with E-state index in [1.165, 1.54) is 0 Å². The Kier molecular flexibility index (Phi) is 5.06. The third-order valence-electron chi connectivity index (χ3n) is 4.15. The van der Waals surface area contributed by atoms with Crippen LogP contribution in [0.2, 0.25) is 0 Å². The minimum Gasteiger partial charge on any atom is -0.363 e. The Bertz CT molecular complexity index is 753. The van der Waals surface area contributed by atoms with Crippen molar-refractivity contribution >= 4 is 17.3 Å². The third-order valence-corrected chi connectivity index (χ3v) is 4.15. The van der Waals surface area contributed by atoms with Crippen molar-refractivity contribution in [2.75, 3.05) is 6.61 Å². The Hall–Kier alpha value is -2.46. The molecule has 0 bridgehead atoms. The number of ether oxygens (including phenoxy) is 1. The highest BCUT2D eigenvalue weighted by atomic mass is 16.5. The van der Waals surface area contributed by atoms with Crippen molar-refractivity contribution in [3.8, 4) is 0 Å². The smallest absolute Gasteiger partial charge is 0.246 e. The summed E-state index contributed by atoms with van der Waals surface area (Å²) in [4.78, 5) is 16.7. The predicted molar refractivity (Wildman–Crippen MR) is 95.5 cm³/mol. The molecule has 0 spiro atoms. The summed E-state index contributed by atoms with van der Waals surface area (Å²) in [7, 11) is 0. The second-order valence-corrected chi connectivity index (χ2v) is 6.13. The molecule has 0 saturated carbocycles. The van der Waals surface area contributed by atoms with Crippen LogP contribution in [0.25, 0.3) is 0 Å². The second-order valence-electron chi connectivity index (χ2n) is 6.13. The van der Waals surface area contributed by atoms with Gasteiger partial charge in [0.05, 0.1) is 11.8 Å². The molecule has 2 aromatic rings. The zero-order chi connectivity index (χ0) is 16.9. The lowest BCUT2D eigenvalue weighted by molar-refractivity contribution is -0.127. The van der Waals surface area contributed by atoms with Crippen molar-refractivity contribution in [3.05, 3.63) is 65.2 Å². The molecule has 3 rings (SSSR count). The first-order valence-corrected chi connectivity index (χ1v) is 8.19. The Morgan fingerprint density at radius 2 is 1.96 bits per heavy atom. The number of hydrogen-bond donors (Lipinski definition) is 1. The van der Waals surface area contributed by atoms with Gasteiger partial charge < -0.3 is 10.1 Å². The first-order chi connectivity index (χ1) is 11.6. The first kappa shape index (κ1) is 16.4. The highest BCUT2D eigenvalue weighted by Gasteiger charge is 2.23. The number of amides is 1. The molecule has 1 amide bonds. The molecule has 4 heteroatoms. The second kappa shape index (κ2) is 7.41. The molecule has 124 valence electrons. The van der Waals surface area contributed by atoms with Crippen molar-refractivity contribution in [2.45, 2.75) is 32.9 Å². The van der Waals surface area contributed by atoms with Gasteiger partial charge in [-0.3, -0.25) is 9.79 Å². The summed E-state index contributed by atoms with van der Waals surface area (Å²) in [5, 5.41) is 2.89. The summed E-state index contributed by atoms with van der Waals surface area (Å²) in [5.74, 6) is -0.103. The number of aryl methyl sites for hydroxylation is 1. The van der Waals surface area contributed by atoms with Crippen LogP contribution in [0.1, 0.15) is 36.1 Å². The molecule has 4 nitrogen and oxygen atoms in total. The zero-order valence-electron chi connectivity index (χ0n) is 14.1. The molecule has 0 fully saturated rings. The van der Waals surface area contributed by atoms with E-state index in [1.54, 1.807) is 0 Å². The van der Waals surface area contributed by atoms with E-state index in [-0.39, 0.29) is 18.6 Å². The van der Waals surface area contributed by atoms with E-state index < -0.39 is 0 Å². The Morgan fingerprint density at radius 3 is 2.75 bits per heavy atom. The first-order valence-electron chi connectivity index (χ1n) is 8.19. The molecule has 0 aliphatic carbocycles. The fraction of sp³-hybridized carbons (Fsp3) is 0.300. The van der Waals surface area contributed by atoms with Gasteiger partial charge in [0.1, 0.15) is 6.61 Å². The lowest BCUT2D eigenvalue weighted by Crippen LogP contribution is -2.28. The molecule has 2 aromatic carbocycles. The number of rotatable bonds is 5. The molecule has 0 aromatic heterocycles. The van der Waals surface area contributed by atoms with Crippen molar-refractivity contribution in [1.29, 1.82) is 0 Å². The largest absolute Gasteiger partial charge is 0.363 e. The van der Waals surface area contributed by atoms with Crippen LogP contribution in [0.15, 0.2) is 53.5 Å². The van der Waals surface area contributed by atoms with Gasteiger partial charge in [-0.25, -0.2) is 0 Å². The summed E-state index contributed by atoms with van der Waals surface area (Å²) in [6.07, 6.45) is 0.613. The predicted octanol–water partition coefficient (Wildman–Crippen LogP) is 3.87. The standard InChI is InChI=1S/C20H22N2O2/c1-14-7-6-10-17-18(11-15(2)22-20(14)17)24-13-19(23)21-12-16-8-4-3-5-9-16/h3-10,18H,11-13H2,1-2H3,(H,21,23)/t18-/m0/s1. The van der Waals surface area contributed by atoms with Gasteiger partial charge >= 0.3 is 0 Å². The normalized spacial score (nSPS) is 16.2. The topological polar surface area (TPSA) is 50.7 Å². The SMILES string of the molecule is CC1=Nc2c(C)cccc2[C@@H](OCC(=O)NCc2ccccc2)C1. The van der Waals surface area contributed by atoms with E-state index >= 15 is 0 Å². The number of nitrogens with zero attached hydrogens (tertiary/aromatic N) is 1. The molecule has 1 N–H and O–H groups in total. The van der Waals surface area contributed by atoms with E-state index in [0.29, 0.717) is 6.54 Å². The quantitative estimate of drug-likeness (QED) is 0.908. The van der Waals surface area contributed by atoms with Gasteiger partial charge in [0.15, 0.2) is 0 Å². The monoisotopic (exact) mass is 322 g/mol. The molecule has 1 aliphatic heterocycles. The molecule has 1 aliphatic rings. The van der Waals surface area contributed by atoms with Crippen LogP contribution in [-0.2, 0) is 16.1 Å². The lowest BCUT2D eigenvalue weighted by Gasteiger charge is -2.24. The van der Waals surface area contributed by atoms with Crippen molar-refractivity contribution < 1.29 is 9.53 Å². The average molecular weight is 322 g/mol. The maximum atomic E-state index is 12.1. The molecular weight excluding hydrogens is 300 g/mol. The van der Waals surface area contributed by atoms with Gasteiger partial charge in [-0.1, -0.05) is 48.5 Å². The van der Waals surface area contributed by atoms with Gasteiger partial charge in [-0.05, 0) is 25.0 Å². The summed E-state index contributed by atoms with van der Waals surface area (Å²) in [5.41, 5.74) is 5.29. The fourth-order valence-electron chi connectivity index (χ4n) is 2.88. The number of carbonyl (C=O) groups excluding carboxylic acids is 1.